The number of hydrogen-bond donors (Lipinski definition) is 0. The van der Waals surface area contributed by atoms with E-state index in [0.29, 0.717) is 15.2 Å². The predicted molar refractivity (Wildman–Crippen MR) is 165 cm³/mol. The van der Waals surface area contributed by atoms with E-state index in [-0.39, 0.29) is 5.16 Å². The third-order valence-electron chi connectivity index (χ3n) is 7.62. The van der Waals surface area contributed by atoms with Crippen molar-refractivity contribution in [3.8, 4) is 5.75 Å². The van der Waals surface area contributed by atoms with Crippen LogP contribution in [0, 0.1) is 6.92 Å². The van der Waals surface area contributed by atoms with E-state index in [0.717, 1.165) is 12.2 Å². The summed E-state index contributed by atoms with van der Waals surface area (Å²) < 4.78 is 6.72. The number of anilines is 1. The molecular formula is C35H40NOP. The van der Waals surface area contributed by atoms with Crippen molar-refractivity contribution < 1.29 is 4.74 Å². The van der Waals surface area contributed by atoms with E-state index >= 15 is 0 Å². The molecule has 2 nitrogen and oxygen atoms in total. The molecule has 0 aromatic heterocycles. The lowest BCUT2D eigenvalue weighted by molar-refractivity contribution is 0.298. The Morgan fingerprint density at radius 1 is 0.737 bits per heavy atom. The molecule has 1 aliphatic heterocycles. The highest BCUT2D eigenvalue weighted by atomic mass is 31.1. The second kappa shape index (κ2) is 12.2. The van der Waals surface area contributed by atoms with E-state index in [2.05, 4.69) is 123 Å². The molecule has 4 aromatic rings. The van der Waals surface area contributed by atoms with E-state index in [1.165, 1.54) is 71.2 Å². The first-order chi connectivity index (χ1) is 18.5. The molecule has 1 aliphatic rings. The van der Waals surface area contributed by atoms with Gasteiger partial charge in [0, 0.05) is 35.9 Å². The zero-order chi connectivity index (χ0) is 26.4. The summed E-state index contributed by atoms with van der Waals surface area (Å²) in [5.74, 6) is 1.05. The summed E-state index contributed by atoms with van der Waals surface area (Å²) in [5.41, 5.74) is 7.88. The molecule has 0 radical (unpaired) electrons. The van der Waals surface area contributed by atoms with Gasteiger partial charge in [-0.25, -0.2) is 0 Å². The van der Waals surface area contributed by atoms with Crippen molar-refractivity contribution in [2.24, 2.45) is 0 Å². The summed E-state index contributed by atoms with van der Waals surface area (Å²) in [6.07, 6.45) is 4.79. The third kappa shape index (κ3) is 6.30. The molecule has 1 saturated heterocycles. The lowest BCUT2D eigenvalue weighted by Gasteiger charge is -2.35. The van der Waals surface area contributed by atoms with Gasteiger partial charge in [-0.2, -0.15) is 0 Å². The van der Waals surface area contributed by atoms with Crippen molar-refractivity contribution in [1.82, 2.24) is 0 Å². The minimum absolute atomic E-state index is 0.0740. The van der Waals surface area contributed by atoms with Crippen molar-refractivity contribution in [3.63, 3.8) is 0 Å². The monoisotopic (exact) mass is 521 g/mol. The van der Waals surface area contributed by atoms with Crippen LogP contribution in [0.3, 0.4) is 0 Å². The van der Waals surface area contributed by atoms with Crippen LogP contribution in [-0.2, 0) is 18.2 Å². The molecule has 0 amide bonds. The number of rotatable bonds is 9. The number of para-hydroxylation sites is 1. The van der Waals surface area contributed by atoms with E-state index in [9.17, 15) is 0 Å². The fourth-order valence-electron chi connectivity index (χ4n) is 5.53. The maximum atomic E-state index is 6.72. The van der Waals surface area contributed by atoms with E-state index in [1.807, 2.05) is 0 Å². The van der Waals surface area contributed by atoms with Crippen LogP contribution in [0.2, 0.25) is 0 Å². The van der Waals surface area contributed by atoms with Crippen molar-refractivity contribution in [2.45, 2.75) is 58.2 Å². The average Bonchev–Trinajstić information content (AvgIpc) is 2.95. The van der Waals surface area contributed by atoms with Gasteiger partial charge in [-0.3, -0.25) is 0 Å². The fraction of sp³-hybridized carbons (Fsp3) is 0.314. The first-order valence-electron chi connectivity index (χ1n) is 14.0. The molecule has 1 unspecified atom stereocenters. The average molecular weight is 522 g/mol. The standard InChI is InChI=1S/C35H40NOP/c1-27-15-13-22-32(36-23-11-6-12-24-36)34(27)38-35(2,3)31-21-14-20-30(25-28-16-7-4-8-17-28)33(31)37-26-29-18-9-5-10-19-29/h4-5,7-10,13-22,38H,6,11-12,23-26H2,1-3H3. The molecule has 1 heterocycles. The zero-order valence-electron chi connectivity index (χ0n) is 23.0. The maximum absolute atomic E-state index is 6.72. The normalized spacial score (nSPS) is 14.2. The first kappa shape index (κ1) is 26.5. The third-order valence-corrected chi connectivity index (χ3v) is 9.41. The Labute approximate surface area is 230 Å². The molecular weight excluding hydrogens is 481 g/mol. The Hall–Kier alpha value is -3.09. The van der Waals surface area contributed by atoms with Crippen LogP contribution in [0.5, 0.6) is 5.75 Å². The summed E-state index contributed by atoms with van der Waals surface area (Å²) in [6.45, 7) is 9.98. The summed E-state index contributed by atoms with van der Waals surface area (Å²) in [5, 5.41) is 1.43. The minimum Gasteiger partial charge on any atom is -0.488 e. The number of piperidine rings is 1. The Balaban J connectivity index is 1.51. The van der Waals surface area contributed by atoms with Crippen LogP contribution in [0.15, 0.2) is 97.1 Å². The SMILES string of the molecule is Cc1cccc(N2CCCCC2)c1PC(C)(C)c1cccc(Cc2ccccc2)c1OCc1ccccc1. The van der Waals surface area contributed by atoms with Gasteiger partial charge in [0.05, 0.1) is 0 Å². The van der Waals surface area contributed by atoms with Crippen LogP contribution in [0.25, 0.3) is 0 Å². The number of benzene rings is 4. The van der Waals surface area contributed by atoms with E-state index in [4.69, 9.17) is 4.74 Å². The molecule has 0 saturated carbocycles. The highest BCUT2D eigenvalue weighted by Crippen LogP contribution is 2.47. The molecule has 38 heavy (non-hydrogen) atoms. The number of ether oxygens (including phenoxy) is 1. The van der Waals surface area contributed by atoms with Crippen LogP contribution >= 0.6 is 8.58 Å². The van der Waals surface area contributed by atoms with E-state index in [1.54, 1.807) is 0 Å². The van der Waals surface area contributed by atoms with Gasteiger partial charge in [-0.05, 0) is 59.8 Å². The molecule has 0 aliphatic carbocycles. The topological polar surface area (TPSA) is 12.5 Å². The van der Waals surface area contributed by atoms with Gasteiger partial charge in [0.25, 0.3) is 0 Å². The fourth-order valence-corrected chi connectivity index (χ4v) is 7.13. The van der Waals surface area contributed by atoms with Gasteiger partial charge in [0.1, 0.15) is 12.4 Å². The molecule has 0 bridgehead atoms. The molecule has 0 N–H and O–H groups in total. The van der Waals surface area contributed by atoms with Gasteiger partial charge in [0.2, 0.25) is 0 Å². The number of aryl methyl sites for hydroxylation is 1. The van der Waals surface area contributed by atoms with Crippen LogP contribution in [-0.4, -0.2) is 13.1 Å². The predicted octanol–water partition coefficient (Wildman–Crippen LogP) is 8.39. The second-order valence-corrected chi connectivity index (χ2v) is 13.0. The lowest BCUT2D eigenvalue weighted by atomic mass is 9.95. The lowest BCUT2D eigenvalue weighted by Crippen LogP contribution is -2.33. The Kier molecular flexibility index (Phi) is 8.50. The van der Waals surface area contributed by atoms with Gasteiger partial charge in [0.15, 0.2) is 0 Å². The maximum Gasteiger partial charge on any atom is 0.127 e. The molecule has 3 heteroatoms. The smallest absolute Gasteiger partial charge is 0.127 e. The molecule has 0 spiro atoms. The van der Waals surface area contributed by atoms with Crippen molar-refractivity contribution in [3.05, 3.63) is 125 Å². The Morgan fingerprint density at radius 2 is 1.39 bits per heavy atom. The van der Waals surface area contributed by atoms with Gasteiger partial charge in [-0.15, -0.1) is 0 Å². The molecule has 1 fully saturated rings. The summed E-state index contributed by atoms with van der Waals surface area (Å²) in [4.78, 5) is 2.62. The van der Waals surface area contributed by atoms with Gasteiger partial charge < -0.3 is 9.64 Å². The van der Waals surface area contributed by atoms with Gasteiger partial charge >= 0.3 is 0 Å². The molecule has 196 valence electrons. The van der Waals surface area contributed by atoms with E-state index < -0.39 is 0 Å². The quantitative estimate of drug-likeness (QED) is 0.205. The molecule has 4 aromatic carbocycles. The number of nitrogens with zero attached hydrogens (tertiary/aromatic N) is 1. The highest BCUT2D eigenvalue weighted by Gasteiger charge is 2.29. The first-order valence-corrected chi connectivity index (χ1v) is 15.0. The molecule has 1 atom stereocenters. The van der Waals surface area contributed by atoms with Crippen LogP contribution < -0.4 is 14.9 Å². The largest absolute Gasteiger partial charge is 0.488 e. The Bertz CT molecular complexity index is 1330. The highest BCUT2D eigenvalue weighted by molar-refractivity contribution is 7.49. The van der Waals surface area contributed by atoms with Gasteiger partial charge in [-0.1, -0.05) is 113 Å². The number of hydrogen-bond acceptors (Lipinski definition) is 2. The minimum atomic E-state index is -0.0740. The van der Waals surface area contributed by atoms with Crippen molar-refractivity contribution in [2.75, 3.05) is 18.0 Å². The Morgan fingerprint density at radius 3 is 2.11 bits per heavy atom. The summed E-state index contributed by atoms with van der Waals surface area (Å²) >= 11 is 0. The second-order valence-electron chi connectivity index (χ2n) is 11.0. The summed E-state index contributed by atoms with van der Waals surface area (Å²) in [7, 11) is 0.641. The molecule has 5 rings (SSSR count). The van der Waals surface area contributed by atoms with Crippen LogP contribution in [0.1, 0.15) is 60.9 Å². The summed E-state index contributed by atoms with van der Waals surface area (Å²) in [6, 6.07) is 34.9. The van der Waals surface area contributed by atoms with Crippen molar-refractivity contribution >= 4 is 19.6 Å². The van der Waals surface area contributed by atoms with Crippen LogP contribution in [0.4, 0.5) is 5.69 Å². The van der Waals surface area contributed by atoms with Crippen molar-refractivity contribution in [1.29, 1.82) is 0 Å². The zero-order valence-corrected chi connectivity index (χ0v) is 24.0.